The van der Waals surface area contributed by atoms with E-state index in [0.29, 0.717) is 11.5 Å². The van der Waals surface area contributed by atoms with Crippen molar-refractivity contribution in [3.63, 3.8) is 0 Å². The number of benzene rings is 3. The fourth-order valence-corrected chi connectivity index (χ4v) is 4.37. The second-order valence-electron chi connectivity index (χ2n) is 8.31. The third-order valence-corrected chi connectivity index (χ3v) is 6.18. The first kappa shape index (κ1) is 21.7. The second kappa shape index (κ2) is 9.79. The molecule has 3 aromatic carbocycles. The van der Waals surface area contributed by atoms with Crippen LogP contribution in [0, 0.1) is 5.82 Å². The summed E-state index contributed by atoms with van der Waals surface area (Å²) in [5.74, 6) is 1.13. The molecule has 34 heavy (non-hydrogen) atoms. The molecule has 1 fully saturated rings. The van der Waals surface area contributed by atoms with E-state index in [1.54, 1.807) is 6.33 Å². The Morgan fingerprint density at radius 2 is 1.29 bits per heavy atom. The molecule has 1 aliphatic rings. The first-order valence-corrected chi connectivity index (χ1v) is 11.4. The first-order chi connectivity index (χ1) is 16.7. The van der Waals surface area contributed by atoms with Crippen LogP contribution >= 0.6 is 0 Å². The molecule has 0 bridgehead atoms. The second-order valence-corrected chi connectivity index (χ2v) is 8.31. The van der Waals surface area contributed by atoms with Gasteiger partial charge in [0.25, 0.3) is 0 Å². The van der Waals surface area contributed by atoms with Crippen LogP contribution in [0.1, 0.15) is 17.2 Å². The van der Waals surface area contributed by atoms with E-state index in [0.717, 1.165) is 48.8 Å². The number of nitrogen functional groups attached to an aromatic ring is 1. The smallest absolute Gasteiger partial charge is 0.157 e. The maximum atomic E-state index is 13.3. The van der Waals surface area contributed by atoms with Crippen molar-refractivity contribution in [1.82, 2.24) is 9.97 Å². The number of aromatic nitrogens is 2. The Balaban J connectivity index is 1.35. The zero-order chi connectivity index (χ0) is 23.3. The van der Waals surface area contributed by atoms with Gasteiger partial charge in [-0.3, -0.25) is 0 Å². The average Bonchev–Trinajstić information content (AvgIpc) is 2.90. The molecule has 0 saturated carbocycles. The summed E-state index contributed by atoms with van der Waals surface area (Å²) >= 11 is 0. The number of anilines is 4. The molecular weight excluding hydrogens is 427 g/mol. The zero-order valence-corrected chi connectivity index (χ0v) is 18.8. The minimum Gasteiger partial charge on any atom is -0.393 e. The Bertz CT molecular complexity index is 1170. The Hall–Kier alpha value is -4.13. The molecule has 0 atom stereocenters. The maximum Gasteiger partial charge on any atom is 0.157 e. The average molecular weight is 455 g/mol. The molecule has 172 valence electrons. The van der Waals surface area contributed by atoms with Crippen LogP contribution < -0.4 is 20.9 Å². The van der Waals surface area contributed by atoms with Gasteiger partial charge in [-0.25, -0.2) is 14.4 Å². The monoisotopic (exact) mass is 454 g/mol. The Morgan fingerprint density at radius 3 is 1.88 bits per heavy atom. The summed E-state index contributed by atoms with van der Waals surface area (Å²) in [4.78, 5) is 13.4. The van der Waals surface area contributed by atoms with Crippen molar-refractivity contribution in [3.8, 4) is 0 Å². The third-order valence-electron chi connectivity index (χ3n) is 6.18. The summed E-state index contributed by atoms with van der Waals surface area (Å²) in [6.07, 6.45) is 1.56. The third kappa shape index (κ3) is 4.64. The molecule has 6 nitrogen and oxygen atoms in total. The number of rotatable bonds is 6. The normalized spacial score (nSPS) is 13.8. The molecule has 0 radical (unpaired) electrons. The fourth-order valence-electron chi connectivity index (χ4n) is 4.37. The lowest BCUT2D eigenvalue weighted by Gasteiger charge is -2.37. The molecule has 0 unspecified atom stereocenters. The van der Waals surface area contributed by atoms with Crippen LogP contribution in [0.5, 0.6) is 0 Å². The van der Waals surface area contributed by atoms with Gasteiger partial charge in [0.2, 0.25) is 0 Å². The molecule has 7 heteroatoms. The lowest BCUT2D eigenvalue weighted by atomic mass is 9.99. The van der Waals surface area contributed by atoms with E-state index >= 15 is 0 Å². The minimum absolute atomic E-state index is 0.0947. The standard InChI is InChI=1S/C27H27FN6/c28-22-11-13-23(14-12-22)33-15-17-34(18-16-33)27-24(29)26(30-19-31-27)32-25(20-7-3-1-4-8-20)21-9-5-2-6-10-21/h1-14,19,25H,15-18,29H2,(H,30,31,32). The van der Waals surface area contributed by atoms with E-state index in [2.05, 4.69) is 49.4 Å². The van der Waals surface area contributed by atoms with Crippen molar-refractivity contribution < 1.29 is 4.39 Å². The van der Waals surface area contributed by atoms with Crippen LogP contribution in [0.3, 0.4) is 0 Å². The first-order valence-electron chi connectivity index (χ1n) is 11.4. The van der Waals surface area contributed by atoms with Gasteiger partial charge >= 0.3 is 0 Å². The van der Waals surface area contributed by atoms with Crippen molar-refractivity contribution in [1.29, 1.82) is 0 Å². The van der Waals surface area contributed by atoms with Gasteiger partial charge in [-0.1, -0.05) is 60.7 Å². The highest BCUT2D eigenvalue weighted by molar-refractivity contribution is 5.76. The van der Waals surface area contributed by atoms with Crippen LogP contribution in [0.25, 0.3) is 0 Å². The maximum absolute atomic E-state index is 13.3. The van der Waals surface area contributed by atoms with Crippen molar-refractivity contribution in [2.24, 2.45) is 0 Å². The number of nitrogens with one attached hydrogen (secondary N) is 1. The SMILES string of the molecule is Nc1c(NC(c2ccccc2)c2ccccc2)ncnc1N1CCN(c2ccc(F)cc2)CC1. The highest BCUT2D eigenvalue weighted by atomic mass is 19.1. The van der Waals surface area contributed by atoms with Crippen molar-refractivity contribution in [2.45, 2.75) is 6.04 Å². The number of halogens is 1. The molecular formula is C27H27FN6. The van der Waals surface area contributed by atoms with E-state index in [9.17, 15) is 4.39 Å². The van der Waals surface area contributed by atoms with Gasteiger partial charge in [-0.15, -0.1) is 0 Å². The van der Waals surface area contributed by atoms with Gasteiger partial charge in [0.05, 0.1) is 6.04 Å². The van der Waals surface area contributed by atoms with Crippen LogP contribution in [0.4, 0.5) is 27.4 Å². The molecule has 2 heterocycles. The molecule has 5 rings (SSSR count). The predicted octanol–water partition coefficient (Wildman–Crippen LogP) is 4.73. The topological polar surface area (TPSA) is 70.3 Å². The molecule has 1 aliphatic heterocycles. The van der Waals surface area contributed by atoms with Crippen LogP contribution in [0.15, 0.2) is 91.3 Å². The lowest BCUT2D eigenvalue weighted by Crippen LogP contribution is -2.47. The molecule has 3 N–H and O–H groups in total. The van der Waals surface area contributed by atoms with Gasteiger partial charge in [-0.05, 0) is 35.4 Å². The number of hydrogen-bond acceptors (Lipinski definition) is 6. The predicted molar refractivity (Wildman–Crippen MR) is 136 cm³/mol. The van der Waals surface area contributed by atoms with Crippen LogP contribution in [0.2, 0.25) is 0 Å². The van der Waals surface area contributed by atoms with E-state index in [1.165, 1.54) is 12.1 Å². The Labute approximate surface area is 198 Å². The van der Waals surface area contributed by atoms with Gasteiger partial charge < -0.3 is 20.9 Å². The number of piperazine rings is 1. The summed E-state index contributed by atoms with van der Waals surface area (Å²) in [6.45, 7) is 3.13. The minimum atomic E-state index is -0.222. The van der Waals surface area contributed by atoms with E-state index < -0.39 is 0 Å². The zero-order valence-electron chi connectivity index (χ0n) is 18.8. The van der Waals surface area contributed by atoms with Crippen molar-refractivity contribution >= 4 is 23.0 Å². The van der Waals surface area contributed by atoms with Gasteiger partial charge in [0.15, 0.2) is 11.6 Å². The summed E-state index contributed by atoms with van der Waals surface area (Å²) < 4.78 is 13.3. The van der Waals surface area contributed by atoms with E-state index in [1.807, 2.05) is 48.5 Å². The van der Waals surface area contributed by atoms with E-state index in [4.69, 9.17) is 5.73 Å². The lowest BCUT2D eigenvalue weighted by molar-refractivity contribution is 0.624. The van der Waals surface area contributed by atoms with Gasteiger partial charge in [-0.2, -0.15) is 0 Å². The van der Waals surface area contributed by atoms with E-state index in [-0.39, 0.29) is 11.9 Å². The van der Waals surface area contributed by atoms with Gasteiger partial charge in [0.1, 0.15) is 17.8 Å². The quantitative estimate of drug-likeness (QED) is 0.439. The highest BCUT2D eigenvalue weighted by Crippen LogP contribution is 2.32. The number of hydrogen-bond donors (Lipinski definition) is 2. The summed E-state index contributed by atoms with van der Waals surface area (Å²) in [7, 11) is 0. The molecule has 4 aromatic rings. The highest BCUT2D eigenvalue weighted by Gasteiger charge is 2.23. The molecule has 0 amide bonds. The molecule has 1 aromatic heterocycles. The largest absolute Gasteiger partial charge is 0.393 e. The number of nitrogens with zero attached hydrogens (tertiary/aromatic N) is 4. The fraction of sp³-hybridized carbons (Fsp3) is 0.185. The summed E-state index contributed by atoms with van der Waals surface area (Å²) in [5, 5.41) is 3.55. The Kier molecular flexibility index (Phi) is 6.25. The number of nitrogens with two attached hydrogens (primary N) is 1. The molecule has 0 aliphatic carbocycles. The molecule has 0 spiro atoms. The summed E-state index contributed by atoms with van der Waals surface area (Å²) in [5.41, 5.74) is 10.4. The van der Waals surface area contributed by atoms with Crippen molar-refractivity contribution in [2.75, 3.05) is 47.0 Å². The molecule has 1 saturated heterocycles. The van der Waals surface area contributed by atoms with Gasteiger partial charge in [0, 0.05) is 31.9 Å². The Morgan fingerprint density at radius 1 is 0.735 bits per heavy atom. The van der Waals surface area contributed by atoms with Crippen LogP contribution in [-0.2, 0) is 0 Å². The van der Waals surface area contributed by atoms with Crippen LogP contribution in [-0.4, -0.2) is 36.1 Å². The summed E-state index contributed by atoms with van der Waals surface area (Å²) in [6, 6.07) is 27.1. The van der Waals surface area contributed by atoms with Crippen molar-refractivity contribution in [3.05, 3.63) is 108 Å².